The SMILES string of the molecule is CCOC(=O)c1ccccc1NC(=O)Cc1ocnc1C. The monoisotopic (exact) mass is 288 g/mol. The average Bonchev–Trinajstić information content (AvgIpc) is 2.85. The summed E-state index contributed by atoms with van der Waals surface area (Å²) in [4.78, 5) is 27.8. The molecule has 0 saturated carbocycles. The van der Waals surface area contributed by atoms with E-state index in [0.717, 1.165) is 0 Å². The molecule has 6 heteroatoms. The van der Waals surface area contributed by atoms with E-state index >= 15 is 0 Å². The minimum atomic E-state index is -0.468. The number of carbonyl (C=O) groups is 2. The summed E-state index contributed by atoms with van der Waals surface area (Å²) in [5.74, 6) is -0.253. The molecule has 0 saturated heterocycles. The van der Waals surface area contributed by atoms with E-state index < -0.39 is 5.97 Å². The zero-order valence-electron chi connectivity index (χ0n) is 11.9. The maximum absolute atomic E-state index is 12.0. The molecule has 0 fully saturated rings. The van der Waals surface area contributed by atoms with Crippen molar-refractivity contribution in [2.24, 2.45) is 0 Å². The van der Waals surface area contributed by atoms with Gasteiger partial charge in [-0.1, -0.05) is 12.1 Å². The number of hydrogen-bond donors (Lipinski definition) is 1. The van der Waals surface area contributed by atoms with E-state index in [4.69, 9.17) is 9.15 Å². The van der Waals surface area contributed by atoms with Crippen molar-refractivity contribution in [1.82, 2.24) is 4.98 Å². The summed E-state index contributed by atoms with van der Waals surface area (Å²) in [5.41, 5.74) is 1.41. The normalized spacial score (nSPS) is 10.2. The van der Waals surface area contributed by atoms with Crippen molar-refractivity contribution in [1.29, 1.82) is 0 Å². The maximum Gasteiger partial charge on any atom is 0.340 e. The second-order valence-corrected chi connectivity index (χ2v) is 4.35. The van der Waals surface area contributed by atoms with Crippen LogP contribution in [-0.2, 0) is 16.0 Å². The van der Waals surface area contributed by atoms with Crippen molar-refractivity contribution < 1.29 is 18.7 Å². The smallest absolute Gasteiger partial charge is 0.340 e. The van der Waals surface area contributed by atoms with Crippen LogP contribution in [0.2, 0.25) is 0 Å². The summed E-state index contributed by atoms with van der Waals surface area (Å²) in [5, 5.41) is 2.69. The number of anilines is 1. The third-order valence-corrected chi connectivity index (χ3v) is 2.86. The Bertz CT molecular complexity index is 649. The molecule has 6 nitrogen and oxygen atoms in total. The fourth-order valence-corrected chi connectivity index (χ4v) is 1.82. The lowest BCUT2D eigenvalue weighted by Crippen LogP contribution is -2.17. The quantitative estimate of drug-likeness (QED) is 0.854. The fraction of sp³-hybridized carbons (Fsp3) is 0.267. The Kier molecular flexibility index (Phi) is 4.71. The number of amides is 1. The molecular formula is C15H16N2O4. The van der Waals surface area contributed by atoms with E-state index in [2.05, 4.69) is 10.3 Å². The lowest BCUT2D eigenvalue weighted by Gasteiger charge is -2.09. The number of carbonyl (C=O) groups excluding carboxylic acids is 2. The zero-order valence-corrected chi connectivity index (χ0v) is 11.9. The number of aryl methyl sites for hydroxylation is 1. The molecule has 1 aromatic carbocycles. The van der Waals surface area contributed by atoms with Crippen molar-refractivity contribution in [3.63, 3.8) is 0 Å². The molecule has 1 amide bonds. The van der Waals surface area contributed by atoms with Crippen LogP contribution < -0.4 is 5.32 Å². The van der Waals surface area contributed by atoms with Crippen molar-refractivity contribution in [3.8, 4) is 0 Å². The first kappa shape index (κ1) is 14.8. The van der Waals surface area contributed by atoms with Gasteiger partial charge >= 0.3 is 5.97 Å². The van der Waals surface area contributed by atoms with Crippen LogP contribution in [0.4, 0.5) is 5.69 Å². The molecule has 0 bridgehead atoms. The van der Waals surface area contributed by atoms with E-state index in [-0.39, 0.29) is 18.9 Å². The van der Waals surface area contributed by atoms with Crippen molar-refractivity contribution in [3.05, 3.63) is 47.7 Å². The molecule has 0 atom stereocenters. The van der Waals surface area contributed by atoms with Crippen LogP contribution in [0.5, 0.6) is 0 Å². The van der Waals surface area contributed by atoms with Gasteiger partial charge < -0.3 is 14.5 Å². The molecule has 1 N–H and O–H groups in total. The van der Waals surface area contributed by atoms with Gasteiger partial charge in [0, 0.05) is 0 Å². The minimum Gasteiger partial charge on any atom is -0.462 e. The molecule has 0 aliphatic heterocycles. The number of aromatic nitrogens is 1. The van der Waals surface area contributed by atoms with Crippen LogP contribution in [0.1, 0.15) is 28.7 Å². The first-order chi connectivity index (χ1) is 10.1. The standard InChI is InChI=1S/C15H16N2O4/c1-3-20-15(19)11-6-4-5-7-12(11)17-14(18)8-13-10(2)16-9-21-13/h4-7,9H,3,8H2,1-2H3,(H,17,18). The van der Waals surface area contributed by atoms with E-state index in [1.54, 1.807) is 38.1 Å². The third-order valence-electron chi connectivity index (χ3n) is 2.86. The van der Waals surface area contributed by atoms with Crippen LogP contribution in [0, 0.1) is 6.92 Å². The second kappa shape index (κ2) is 6.69. The highest BCUT2D eigenvalue weighted by Crippen LogP contribution is 2.17. The van der Waals surface area contributed by atoms with E-state index in [1.165, 1.54) is 6.39 Å². The van der Waals surface area contributed by atoms with Gasteiger partial charge in [-0.25, -0.2) is 9.78 Å². The number of nitrogens with one attached hydrogen (secondary N) is 1. The Hall–Kier alpha value is -2.63. The van der Waals surface area contributed by atoms with Gasteiger partial charge in [-0.2, -0.15) is 0 Å². The first-order valence-corrected chi connectivity index (χ1v) is 6.56. The predicted molar refractivity (Wildman–Crippen MR) is 76.0 cm³/mol. The molecule has 0 aliphatic rings. The van der Waals surface area contributed by atoms with Crippen molar-refractivity contribution >= 4 is 17.6 Å². The van der Waals surface area contributed by atoms with Gasteiger partial charge in [0.1, 0.15) is 5.76 Å². The lowest BCUT2D eigenvalue weighted by molar-refractivity contribution is -0.115. The maximum atomic E-state index is 12.0. The number of rotatable bonds is 5. The molecule has 0 radical (unpaired) electrons. The van der Waals surface area contributed by atoms with Gasteiger partial charge in [0.15, 0.2) is 6.39 Å². The molecule has 1 aromatic heterocycles. The van der Waals surface area contributed by atoms with E-state index in [1.807, 2.05) is 0 Å². The van der Waals surface area contributed by atoms with Crippen LogP contribution in [-0.4, -0.2) is 23.5 Å². The number of hydrogen-bond acceptors (Lipinski definition) is 5. The molecule has 2 aromatic rings. The average molecular weight is 288 g/mol. The minimum absolute atomic E-state index is 0.0585. The lowest BCUT2D eigenvalue weighted by atomic mass is 10.1. The number of para-hydroxylation sites is 1. The Morgan fingerprint density at radius 3 is 2.76 bits per heavy atom. The molecule has 0 aliphatic carbocycles. The van der Waals surface area contributed by atoms with Crippen molar-refractivity contribution in [2.45, 2.75) is 20.3 Å². The summed E-state index contributed by atoms with van der Waals surface area (Å²) in [6, 6.07) is 6.70. The molecule has 1 heterocycles. The van der Waals surface area contributed by atoms with Gasteiger partial charge in [-0.05, 0) is 26.0 Å². The second-order valence-electron chi connectivity index (χ2n) is 4.35. The summed E-state index contributed by atoms with van der Waals surface area (Å²) in [6.07, 6.45) is 1.35. The van der Waals surface area contributed by atoms with E-state index in [9.17, 15) is 9.59 Å². The summed E-state index contributed by atoms with van der Waals surface area (Å²) in [6.45, 7) is 3.77. The number of oxazole rings is 1. The predicted octanol–water partition coefficient (Wildman–Crippen LogP) is 2.34. The van der Waals surface area contributed by atoms with Crippen molar-refractivity contribution in [2.75, 3.05) is 11.9 Å². The van der Waals surface area contributed by atoms with Crippen LogP contribution in [0.25, 0.3) is 0 Å². The van der Waals surface area contributed by atoms with Gasteiger partial charge in [-0.3, -0.25) is 4.79 Å². The summed E-state index contributed by atoms with van der Waals surface area (Å²) < 4.78 is 10.1. The third kappa shape index (κ3) is 3.68. The Morgan fingerprint density at radius 2 is 2.10 bits per heavy atom. The van der Waals surface area contributed by atoms with Gasteiger partial charge in [0.25, 0.3) is 0 Å². The highest BCUT2D eigenvalue weighted by molar-refractivity contribution is 6.01. The molecule has 0 unspecified atom stereocenters. The molecule has 0 spiro atoms. The van der Waals surface area contributed by atoms with Gasteiger partial charge in [0.05, 0.1) is 30.0 Å². The summed E-state index contributed by atoms with van der Waals surface area (Å²) in [7, 11) is 0. The fourth-order valence-electron chi connectivity index (χ4n) is 1.82. The van der Waals surface area contributed by atoms with Crippen LogP contribution in [0.15, 0.2) is 35.1 Å². The Balaban J connectivity index is 2.10. The highest BCUT2D eigenvalue weighted by atomic mass is 16.5. The summed E-state index contributed by atoms with van der Waals surface area (Å²) >= 11 is 0. The van der Waals surface area contributed by atoms with Crippen LogP contribution >= 0.6 is 0 Å². The molecule has 2 rings (SSSR count). The number of nitrogens with zero attached hydrogens (tertiary/aromatic N) is 1. The van der Waals surface area contributed by atoms with Gasteiger partial charge in [0.2, 0.25) is 5.91 Å². The molecule has 21 heavy (non-hydrogen) atoms. The largest absolute Gasteiger partial charge is 0.462 e. The Labute approximate surface area is 122 Å². The highest BCUT2D eigenvalue weighted by Gasteiger charge is 2.15. The molecular weight excluding hydrogens is 272 g/mol. The first-order valence-electron chi connectivity index (χ1n) is 6.56. The van der Waals surface area contributed by atoms with E-state index in [0.29, 0.717) is 22.7 Å². The molecule has 110 valence electrons. The number of esters is 1. The van der Waals surface area contributed by atoms with Gasteiger partial charge in [-0.15, -0.1) is 0 Å². The van der Waals surface area contributed by atoms with Crippen LogP contribution in [0.3, 0.4) is 0 Å². The topological polar surface area (TPSA) is 81.4 Å². The zero-order chi connectivity index (χ0) is 15.2. The Morgan fingerprint density at radius 1 is 1.33 bits per heavy atom. The number of ether oxygens (including phenoxy) is 1. The number of benzene rings is 1.